The Balaban J connectivity index is 1.46. The van der Waals surface area contributed by atoms with Crippen molar-refractivity contribution in [2.75, 3.05) is 19.8 Å². The van der Waals surface area contributed by atoms with Crippen LogP contribution >= 0.6 is 11.3 Å². The molecule has 0 radical (unpaired) electrons. The van der Waals surface area contributed by atoms with Gasteiger partial charge in [0.1, 0.15) is 5.01 Å². The SMILES string of the molecule is O=C(CC1COCCN1)NCc1nc2c(s1)CCCC2. The Morgan fingerprint density at radius 3 is 3.15 bits per heavy atom. The zero-order valence-corrected chi connectivity index (χ0v) is 12.4. The molecule has 0 bridgehead atoms. The van der Waals surface area contributed by atoms with Gasteiger partial charge in [-0.25, -0.2) is 4.98 Å². The summed E-state index contributed by atoms with van der Waals surface area (Å²) in [4.78, 5) is 18.0. The highest BCUT2D eigenvalue weighted by atomic mass is 32.1. The van der Waals surface area contributed by atoms with Crippen LogP contribution in [0.15, 0.2) is 0 Å². The first-order valence-electron chi connectivity index (χ1n) is 7.36. The summed E-state index contributed by atoms with van der Waals surface area (Å²) >= 11 is 1.76. The molecule has 0 saturated carbocycles. The fourth-order valence-corrected chi connectivity index (χ4v) is 3.80. The molecule has 0 aromatic carbocycles. The fourth-order valence-electron chi connectivity index (χ4n) is 2.70. The average molecular weight is 295 g/mol. The third kappa shape index (κ3) is 3.56. The molecule has 6 heteroatoms. The highest BCUT2D eigenvalue weighted by Crippen LogP contribution is 2.26. The molecule has 2 aliphatic rings. The molecule has 1 unspecified atom stereocenters. The maximum Gasteiger partial charge on any atom is 0.222 e. The topological polar surface area (TPSA) is 63.2 Å². The molecule has 0 spiro atoms. The Hall–Kier alpha value is -0.980. The Kier molecular flexibility index (Phi) is 4.65. The van der Waals surface area contributed by atoms with E-state index in [0.29, 0.717) is 19.6 Å². The number of hydrogen-bond acceptors (Lipinski definition) is 5. The van der Waals surface area contributed by atoms with E-state index >= 15 is 0 Å². The summed E-state index contributed by atoms with van der Waals surface area (Å²) in [5, 5.41) is 7.30. The van der Waals surface area contributed by atoms with Crippen LogP contribution in [0.5, 0.6) is 0 Å². The minimum absolute atomic E-state index is 0.0705. The lowest BCUT2D eigenvalue weighted by molar-refractivity contribution is -0.122. The van der Waals surface area contributed by atoms with Gasteiger partial charge in [0.2, 0.25) is 5.91 Å². The molecule has 1 aliphatic heterocycles. The van der Waals surface area contributed by atoms with E-state index in [1.807, 2.05) is 0 Å². The van der Waals surface area contributed by atoms with Gasteiger partial charge in [0, 0.05) is 23.9 Å². The quantitative estimate of drug-likeness (QED) is 0.870. The Morgan fingerprint density at radius 1 is 1.45 bits per heavy atom. The molecule has 2 N–H and O–H groups in total. The number of carbonyl (C=O) groups excluding carboxylic acids is 1. The number of aromatic nitrogens is 1. The third-order valence-electron chi connectivity index (χ3n) is 3.76. The van der Waals surface area contributed by atoms with Crippen molar-refractivity contribution < 1.29 is 9.53 Å². The number of nitrogens with one attached hydrogen (secondary N) is 2. The first-order chi connectivity index (χ1) is 9.81. The number of thiazole rings is 1. The van der Waals surface area contributed by atoms with Gasteiger partial charge in [-0.15, -0.1) is 11.3 Å². The van der Waals surface area contributed by atoms with Crippen LogP contribution < -0.4 is 10.6 Å². The van der Waals surface area contributed by atoms with Crippen LogP contribution in [0.4, 0.5) is 0 Å². The van der Waals surface area contributed by atoms with E-state index in [9.17, 15) is 4.79 Å². The number of nitrogens with zero attached hydrogens (tertiary/aromatic N) is 1. The molecule has 5 nitrogen and oxygen atoms in total. The number of aryl methyl sites for hydroxylation is 2. The van der Waals surface area contributed by atoms with Gasteiger partial charge in [0.05, 0.1) is 25.5 Å². The fraction of sp³-hybridized carbons (Fsp3) is 0.714. The number of carbonyl (C=O) groups is 1. The average Bonchev–Trinajstić information content (AvgIpc) is 2.89. The molecule has 1 aliphatic carbocycles. The minimum atomic E-state index is 0.0705. The Bertz CT molecular complexity index is 445. The van der Waals surface area contributed by atoms with Crippen LogP contribution in [0.1, 0.15) is 34.8 Å². The lowest BCUT2D eigenvalue weighted by Gasteiger charge is -2.23. The summed E-state index contributed by atoms with van der Waals surface area (Å²) in [6.45, 7) is 2.75. The van der Waals surface area contributed by atoms with Gasteiger partial charge in [0.15, 0.2) is 0 Å². The number of fused-ring (bicyclic) bond motifs is 1. The van der Waals surface area contributed by atoms with E-state index < -0.39 is 0 Å². The van der Waals surface area contributed by atoms with Gasteiger partial charge in [0.25, 0.3) is 0 Å². The zero-order valence-electron chi connectivity index (χ0n) is 11.6. The largest absolute Gasteiger partial charge is 0.378 e. The van der Waals surface area contributed by atoms with Gasteiger partial charge in [-0.05, 0) is 25.7 Å². The molecular formula is C14H21N3O2S. The van der Waals surface area contributed by atoms with Crippen LogP contribution in [-0.2, 0) is 28.9 Å². The number of amides is 1. The van der Waals surface area contributed by atoms with Crippen LogP contribution in [0, 0.1) is 0 Å². The zero-order chi connectivity index (χ0) is 13.8. The van der Waals surface area contributed by atoms with Crippen LogP contribution in [0.25, 0.3) is 0 Å². The lowest BCUT2D eigenvalue weighted by atomic mass is 10.0. The summed E-state index contributed by atoms with van der Waals surface area (Å²) in [5.74, 6) is 0.0705. The van der Waals surface area contributed by atoms with Crippen LogP contribution in [0.2, 0.25) is 0 Å². The highest BCUT2D eigenvalue weighted by Gasteiger charge is 2.18. The molecule has 1 fully saturated rings. The number of morpholine rings is 1. The van der Waals surface area contributed by atoms with E-state index in [1.165, 1.54) is 23.4 Å². The van der Waals surface area contributed by atoms with Crippen molar-refractivity contribution >= 4 is 17.2 Å². The number of ether oxygens (including phenoxy) is 1. The van der Waals surface area contributed by atoms with Crippen molar-refractivity contribution in [2.24, 2.45) is 0 Å². The van der Waals surface area contributed by atoms with Crippen molar-refractivity contribution in [3.8, 4) is 0 Å². The monoisotopic (exact) mass is 295 g/mol. The second-order valence-electron chi connectivity index (χ2n) is 5.39. The second kappa shape index (κ2) is 6.65. The second-order valence-corrected chi connectivity index (χ2v) is 6.56. The summed E-state index contributed by atoms with van der Waals surface area (Å²) in [5.41, 5.74) is 1.26. The molecule has 110 valence electrons. The number of hydrogen-bond donors (Lipinski definition) is 2. The summed E-state index contributed by atoms with van der Waals surface area (Å²) in [6, 6.07) is 0.147. The smallest absolute Gasteiger partial charge is 0.222 e. The van der Waals surface area contributed by atoms with Crippen molar-refractivity contribution in [1.82, 2.24) is 15.6 Å². The first-order valence-corrected chi connectivity index (χ1v) is 8.18. The normalized spacial score (nSPS) is 22.3. The van der Waals surface area contributed by atoms with Crippen molar-refractivity contribution in [3.63, 3.8) is 0 Å². The lowest BCUT2D eigenvalue weighted by Crippen LogP contribution is -2.44. The van der Waals surface area contributed by atoms with Crippen LogP contribution in [0.3, 0.4) is 0 Å². The molecule has 3 rings (SSSR count). The molecule has 1 atom stereocenters. The summed E-state index contributed by atoms with van der Waals surface area (Å²) in [6.07, 6.45) is 5.25. The first kappa shape index (κ1) is 14.0. The molecule has 1 saturated heterocycles. The predicted molar refractivity (Wildman–Crippen MR) is 77.8 cm³/mol. The molecule has 20 heavy (non-hydrogen) atoms. The van der Waals surface area contributed by atoms with Gasteiger partial charge in [-0.2, -0.15) is 0 Å². The van der Waals surface area contributed by atoms with Gasteiger partial charge in [-0.3, -0.25) is 4.79 Å². The van der Waals surface area contributed by atoms with Gasteiger partial charge < -0.3 is 15.4 Å². The van der Waals surface area contributed by atoms with Crippen LogP contribution in [-0.4, -0.2) is 36.7 Å². The molecule has 1 amide bonds. The predicted octanol–water partition coefficient (Wildman–Crippen LogP) is 1.02. The Morgan fingerprint density at radius 2 is 2.35 bits per heavy atom. The van der Waals surface area contributed by atoms with Crippen molar-refractivity contribution in [1.29, 1.82) is 0 Å². The molecular weight excluding hydrogens is 274 g/mol. The van der Waals surface area contributed by atoms with E-state index in [-0.39, 0.29) is 11.9 Å². The minimum Gasteiger partial charge on any atom is -0.378 e. The standard InChI is InChI=1S/C14H21N3O2S/c18-13(7-10-9-19-6-5-15-10)16-8-14-17-11-3-1-2-4-12(11)20-14/h10,15H,1-9H2,(H,16,18). The van der Waals surface area contributed by atoms with E-state index in [2.05, 4.69) is 15.6 Å². The molecule has 1 aromatic heterocycles. The van der Waals surface area contributed by atoms with Gasteiger partial charge in [-0.1, -0.05) is 0 Å². The molecule has 2 heterocycles. The highest BCUT2D eigenvalue weighted by molar-refractivity contribution is 7.11. The van der Waals surface area contributed by atoms with Crippen molar-refractivity contribution in [2.45, 2.75) is 44.7 Å². The maximum absolute atomic E-state index is 11.9. The Labute approximate surface area is 123 Å². The summed E-state index contributed by atoms with van der Waals surface area (Å²) in [7, 11) is 0. The summed E-state index contributed by atoms with van der Waals surface area (Å²) < 4.78 is 5.35. The van der Waals surface area contributed by atoms with E-state index in [0.717, 1.165) is 31.0 Å². The molecule has 1 aromatic rings. The third-order valence-corrected chi connectivity index (χ3v) is 4.91. The van der Waals surface area contributed by atoms with Gasteiger partial charge >= 0.3 is 0 Å². The van der Waals surface area contributed by atoms with E-state index in [1.54, 1.807) is 11.3 Å². The van der Waals surface area contributed by atoms with E-state index in [4.69, 9.17) is 4.74 Å². The van der Waals surface area contributed by atoms with Crippen molar-refractivity contribution in [3.05, 3.63) is 15.6 Å². The maximum atomic E-state index is 11.9. The number of rotatable bonds is 4.